The van der Waals surface area contributed by atoms with Crippen LogP contribution in [0.3, 0.4) is 0 Å². The number of aromatic nitrogens is 3. The Balaban J connectivity index is 2.06. The van der Waals surface area contributed by atoms with Gasteiger partial charge in [0.05, 0.1) is 24.5 Å². The summed E-state index contributed by atoms with van der Waals surface area (Å²) in [6.45, 7) is 10.5. The maximum absolute atomic E-state index is 12.4. The Morgan fingerprint density at radius 3 is 2.65 bits per heavy atom. The van der Waals surface area contributed by atoms with Gasteiger partial charge in [-0.1, -0.05) is 19.0 Å². The minimum atomic E-state index is -0.192. The van der Waals surface area contributed by atoms with Gasteiger partial charge in [0.15, 0.2) is 0 Å². The van der Waals surface area contributed by atoms with Crippen molar-refractivity contribution in [1.29, 1.82) is 0 Å². The molecule has 1 N–H and O–H groups in total. The van der Waals surface area contributed by atoms with Crippen molar-refractivity contribution >= 4 is 11.8 Å². The minimum Gasteiger partial charge on any atom is -0.361 e. The highest BCUT2D eigenvalue weighted by molar-refractivity contribution is 5.88. The second-order valence-corrected chi connectivity index (χ2v) is 6.23. The molecule has 23 heavy (non-hydrogen) atoms. The summed E-state index contributed by atoms with van der Waals surface area (Å²) in [6.07, 6.45) is 1.70. The molecule has 0 aliphatic rings. The van der Waals surface area contributed by atoms with Gasteiger partial charge in [-0.15, -0.1) is 0 Å². The van der Waals surface area contributed by atoms with Gasteiger partial charge < -0.3 is 9.42 Å². The number of urea groups is 1. The van der Waals surface area contributed by atoms with Gasteiger partial charge in [-0.25, -0.2) is 9.48 Å². The quantitative estimate of drug-likeness (QED) is 0.916. The fraction of sp³-hybridized carbons (Fsp3) is 0.562. The third kappa shape index (κ3) is 3.72. The summed E-state index contributed by atoms with van der Waals surface area (Å²) in [5, 5.41) is 11.1. The van der Waals surface area contributed by atoms with Crippen molar-refractivity contribution in [2.75, 3.05) is 12.4 Å². The highest BCUT2D eigenvalue weighted by Crippen LogP contribution is 2.21. The summed E-state index contributed by atoms with van der Waals surface area (Å²) in [7, 11) is 1.74. The molecule has 0 radical (unpaired) electrons. The molecule has 2 aromatic heterocycles. The number of carbonyl (C=O) groups is 1. The van der Waals surface area contributed by atoms with Gasteiger partial charge in [0.1, 0.15) is 11.6 Å². The van der Waals surface area contributed by atoms with E-state index < -0.39 is 0 Å². The highest BCUT2D eigenvalue weighted by Gasteiger charge is 2.19. The minimum absolute atomic E-state index is 0.192. The first kappa shape index (κ1) is 17.1. The van der Waals surface area contributed by atoms with E-state index in [0.717, 1.165) is 17.0 Å². The Bertz CT molecular complexity index is 654. The van der Waals surface area contributed by atoms with Crippen LogP contribution in [0.1, 0.15) is 43.8 Å². The summed E-state index contributed by atoms with van der Waals surface area (Å²) in [5.41, 5.74) is 1.74. The van der Waals surface area contributed by atoms with E-state index in [4.69, 9.17) is 4.52 Å². The molecule has 0 aliphatic carbocycles. The van der Waals surface area contributed by atoms with Crippen molar-refractivity contribution in [3.05, 3.63) is 29.3 Å². The predicted molar refractivity (Wildman–Crippen MR) is 88.2 cm³/mol. The normalized spacial score (nSPS) is 12.5. The van der Waals surface area contributed by atoms with Gasteiger partial charge >= 0.3 is 6.03 Å². The van der Waals surface area contributed by atoms with Crippen LogP contribution in [0.4, 0.5) is 10.6 Å². The van der Waals surface area contributed by atoms with Crippen LogP contribution < -0.4 is 5.32 Å². The molecule has 2 heterocycles. The van der Waals surface area contributed by atoms with Crippen LogP contribution in [0.2, 0.25) is 0 Å². The Hall–Kier alpha value is -2.31. The molecular weight excluding hydrogens is 294 g/mol. The van der Waals surface area contributed by atoms with E-state index in [-0.39, 0.29) is 12.1 Å². The molecule has 0 bridgehead atoms. The predicted octanol–water partition coefficient (Wildman–Crippen LogP) is 3.37. The van der Waals surface area contributed by atoms with Gasteiger partial charge in [0.2, 0.25) is 0 Å². The van der Waals surface area contributed by atoms with E-state index in [1.165, 1.54) is 0 Å². The highest BCUT2D eigenvalue weighted by atomic mass is 16.5. The Morgan fingerprint density at radius 1 is 1.39 bits per heavy atom. The van der Waals surface area contributed by atoms with Crippen molar-refractivity contribution in [2.45, 2.75) is 47.2 Å². The molecule has 0 saturated heterocycles. The maximum Gasteiger partial charge on any atom is 0.323 e. The van der Waals surface area contributed by atoms with Gasteiger partial charge in [-0.05, 0) is 26.7 Å². The van der Waals surface area contributed by atoms with Gasteiger partial charge in [-0.2, -0.15) is 5.10 Å². The molecule has 0 aliphatic heterocycles. The third-order valence-electron chi connectivity index (χ3n) is 4.18. The van der Waals surface area contributed by atoms with Crippen LogP contribution in [0.5, 0.6) is 0 Å². The average Bonchev–Trinajstić information content (AvgIpc) is 3.07. The molecule has 0 fully saturated rings. The molecule has 0 aromatic carbocycles. The van der Waals surface area contributed by atoms with E-state index in [0.29, 0.717) is 18.3 Å². The van der Waals surface area contributed by atoms with Crippen molar-refractivity contribution in [1.82, 2.24) is 19.8 Å². The average molecular weight is 319 g/mol. The summed E-state index contributed by atoms with van der Waals surface area (Å²) in [5.74, 6) is 1.85. The van der Waals surface area contributed by atoms with E-state index in [1.807, 2.05) is 18.5 Å². The second-order valence-electron chi connectivity index (χ2n) is 6.23. The standard InChI is InChI=1S/C16H25N5O2/c1-10(2)12(4)21-15(7-8-17-21)18-16(22)20(6)9-14-11(3)19-23-13(14)5/h7-8,10,12H,9H2,1-6H3,(H,18,22)/t12-/m1/s1. The molecule has 0 unspecified atom stereocenters. The molecule has 7 nitrogen and oxygen atoms in total. The zero-order valence-corrected chi connectivity index (χ0v) is 14.6. The summed E-state index contributed by atoms with van der Waals surface area (Å²) in [6, 6.07) is 1.82. The molecule has 7 heteroatoms. The van der Waals surface area contributed by atoms with Crippen molar-refractivity contribution < 1.29 is 9.32 Å². The molecule has 2 aromatic rings. The summed E-state index contributed by atoms with van der Waals surface area (Å²) >= 11 is 0. The Kier molecular flexibility index (Phi) is 5.08. The molecule has 2 amide bonds. The topological polar surface area (TPSA) is 76.2 Å². The van der Waals surface area contributed by atoms with Crippen LogP contribution >= 0.6 is 0 Å². The lowest BCUT2D eigenvalue weighted by Gasteiger charge is -2.21. The number of nitrogens with zero attached hydrogens (tertiary/aromatic N) is 4. The maximum atomic E-state index is 12.4. The lowest BCUT2D eigenvalue weighted by Crippen LogP contribution is -2.32. The number of amides is 2. The van der Waals surface area contributed by atoms with Crippen molar-refractivity contribution in [3.8, 4) is 0 Å². The number of rotatable bonds is 5. The van der Waals surface area contributed by atoms with Crippen molar-refractivity contribution in [3.63, 3.8) is 0 Å². The number of carbonyl (C=O) groups excluding carboxylic acids is 1. The fourth-order valence-electron chi connectivity index (χ4n) is 2.26. The molecule has 126 valence electrons. The monoisotopic (exact) mass is 319 g/mol. The third-order valence-corrected chi connectivity index (χ3v) is 4.18. The molecule has 1 atom stereocenters. The zero-order valence-electron chi connectivity index (χ0n) is 14.6. The number of aryl methyl sites for hydroxylation is 2. The largest absolute Gasteiger partial charge is 0.361 e. The molecular formula is C16H25N5O2. The van der Waals surface area contributed by atoms with Gasteiger partial charge in [-0.3, -0.25) is 5.32 Å². The van der Waals surface area contributed by atoms with Crippen LogP contribution in [0.15, 0.2) is 16.8 Å². The van der Waals surface area contributed by atoms with E-state index >= 15 is 0 Å². The summed E-state index contributed by atoms with van der Waals surface area (Å²) in [4.78, 5) is 14.0. The molecule has 0 saturated carbocycles. The van der Waals surface area contributed by atoms with E-state index in [2.05, 4.69) is 36.3 Å². The zero-order chi connectivity index (χ0) is 17.1. The van der Waals surface area contributed by atoms with E-state index in [1.54, 1.807) is 24.2 Å². The lowest BCUT2D eigenvalue weighted by molar-refractivity contribution is 0.220. The SMILES string of the molecule is Cc1noc(C)c1CN(C)C(=O)Nc1ccnn1[C@H](C)C(C)C. The number of hydrogen-bond acceptors (Lipinski definition) is 4. The Morgan fingerprint density at radius 2 is 2.09 bits per heavy atom. The first-order chi connectivity index (χ1) is 10.8. The van der Waals surface area contributed by atoms with Crippen LogP contribution in [0.25, 0.3) is 0 Å². The lowest BCUT2D eigenvalue weighted by atomic mass is 10.1. The first-order valence-corrected chi connectivity index (χ1v) is 7.78. The van der Waals surface area contributed by atoms with Crippen LogP contribution in [-0.2, 0) is 6.54 Å². The summed E-state index contributed by atoms with van der Waals surface area (Å²) < 4.78 is 6.98. The Labute approximate surface area is 136 Å². The fourth-order valence-corrected chi connectivity index (χ4v) is 2.26. The molecule has 2 rings (SSSR count). The van der Waals surface area contributed by atoms with Gasteiger partial charge in [0.25, 0.3) is 0 Å². The number of nitrogens with one attached hydrogen (secondary N) is 1. The first-order valence-electron chi connectivity index (χ1n) is 7.78. The van der Waals surface area contributed by atoms with Crippen molar-refractivity contribution in [2.24, 2.45) is 5.92 Å². The van der Waals surface area contributed by atoms with Gasteiger partial charge in [0, 0.05) is 18.7 Å². The van der Waals surface area contributed by atoms with Crippen LogP contribution in [-0.4, -0.2) is 32.9 Å². The smallest absolute Gasteiger partial charge is 0.323 e. The second kappa shape index (κ2) is 6.85. The number of hydrogen-bond donors (Lipinski definition) is 1. The van der Waals surface area contributed by atoms with E-state index in [9.17, 15) is 4.79 Å². The number of anilines is 1. The molecule has 0 spiro atoms. The van der Waals surface area contributed by atoms with Crippen LogP contribution in [0, 0.1) is 19.8 Å².